The SMILES string of the molecule is Cc1ccc(C(=O)c2ccc3c(C=Cc4ccccn4)n[nH]c3c2)cc1NC(=O)c1nccn1C. The van der Waals surface area contributed by atoms with Crippen molar-refractivity contribution in [1.82, 2.24) is 24.7 Å². The molecular weight excluding hydrogens is 440 g/mol. The fraction of sp³-hybridized carbons (Fsp3) is 0.0741. The lowest BCUT2D eigenvalue weighted by atomic mass is 9.99. The molecule has 35 heavy (non-hydrogen) atoms. The number of anilines is 1. The monoisotopic (exact) mass is 462 g/mol. The first-order valence-electron chi connectivity index (χ1n) is 11.0. The highest BCUT2D eigenvalue weighted by atomic mass is 16.2. The number of rotatable bonds is 6. The van der Waals surface area contributed by atoms with Gasteiger partial charge in [0, 0.05) is 47.8 Å². The van der Waals surface area contributed by atoms with Gasteiger partial charge >= 0.3 is 0 Å². The topological polar surface area (TPSA) is 106 Å². The standard InChI is InChI=1S/C27H22N6O2/c1-17-6-7-18(15-23(17)30-27(35)26-29-13-14-33(26)2)25(34)19-8-10-21-22(31-32-24(21)16-19)11-9-20-5-3-4-12-28-20/h3-16H,1-2H3,(H,30,35)(H,31,32). The van der Waals surface area contributed by atoms with E-state index in [9.17, 15) is 9.59 Å². The number of hydrogen-bond acceptors (Lipinski definition) is 5. The summed E-state index contributed by atoms with van der Waals surface area (Å²) in [6.07, 6.45) is 8.78. The van der Waals surface area contributed by atoms with Gasteiger partial charge in [0.1, 0.15) is 0 Å². The third-order valence-electron chi connectivity index (χ3n) is 5.73. The van der Waals surface area contributed by atoms with Crippen molar-refractivity contribution in [2.24, 2.45) is 7.05 Å². The maximum Gasteiger partial charge on any atom is 0.291 e. The Morgan fingerprint density at radius 3 is 2.57 bits per heavy atom. The molecule has 0 bridgehead atoms. The predicted octanol–water partition coefficient (Wildman–Crippen LogP) is 4.65. The number of hydrogen-bond donors (Lipinski definition) is 2. The number of nitrogens with zero attached hydrogens (tertiary/aromatic N) is 4. The molecule has 172 valence electrons. The lowest BCUT2D eigenvalue weighted by Gasteiger charge is -2.10. The Morgan fingerprint density at radius 1 is 0.971 bits per heavy atom. The molecule has 0 aliphatic heterocycles. The van der Waals surface area contributed by atoms with E-state index in [0.29, 0.717) is 22.6 Å². The Bertz CT molecular complexity index is 1580. The van der Waals surface area contributed by atoms with E-state index < -0.39 is 0 Å². The predicted molar refractivity (Wildman–Crippen MR) is 135 cm³/mol. The minimum absolute atomic E-state index is 0.153. The number of carbonyl (C=O) groups excluding carboxylic acids is 2. The van der Waals surface area contributed by atoms with E-state index in [4.69, 9.17) is 0 Å². The van der Waals surface area contributed by atoms with Crippen LogP contribution in [-0.4, -0.2) is 36.4 Å². The van der Waals surface area contributed by atoms with Gasteiger partial charge in [-0.3, -0.25) is 19.7 Å². The fourth-order valence-corrected chi connectivity index (χ4v) is 3.78. The molecule has 0 saturated heterocycles. The maximum atomic E-state index is 13.3. The molecule has 0 radical (unpaired) electrons. The molecule has 0 unspecified atom stereocenters. The van der Waals surface area contributed by atoms with Gasteiger partial charge in [-0.05, 0) is 55.0 Å². The van der Waals surface area contributed by atoms with Gasteiger partial charge in [-0.2, -0.15) is 5.10 Å². The van der Waals surface area contributed by atoms with E-state index in [1.165, 1.54) is 0 Å². The number of nitrogens with one attached hydrogen (secondary N) is 2. The fourth-order valence-electron chi connectivity index (χ4n) is 3.78. The van der Waals surface area contributed by atoms with Crippen LogP contribution in [-0.2, 0) is 7.05 Å². The molecule has 0 fully saturated rings. The van der Waals surface area contributed by atoms with E-state index in [-0.39, 0.29) is 11.7 Å². The lowest BCUT2D eigenvalue weighted by molar-refractivity contribution is 0.101. The van der Waals surface area contributed by atoms with Gasteiger partial charge < -0.3 is 9.88 Å². The Morgan fingerprint density at radius 2 is 1.80 bits per heavy atom. The Labute approximate surface area is 201 Å². The number of aryl methyl sites for hydroxylation is 2. The molecule has 3 aromatic heterocycles. The van der Waals surface area contributed by atoms with E-state index in [1.807, 2.05) is 49.4 Å². The van der Waals surface area contributed by atoms with Crippen molar-refractivity contribution < 1.29 is 9.59 Å². The second-order valence-corrected chi connectivity index (χ2v) is 8.13. The van der Waals surface area contributed by atoms with Gasteiger partial charge in [-0.1, -0.05) is 24.3 Å². The van der Waals surface area contributed by atoms with Crippen LogP contribution >= 0.6 is 0 Å². The molecule has 8 heteroatoms. The zero-order chi connectivity index (χ0) is 24.4. The second-order valence-electron chi connectivity index (χ2n) is 8.13. The average molecular weight is 463 g/mol. The molecule has 2 aromatic carbocycles. The van der Waals surface area contributed by atoms with Crippen molar-refractivity contribution in [2.75, 3.05) is 5.32 Å². The highest BCUT2D eigenvalue weighted by Gasteiger charge is 2.16. The van der Waals surface area contributed by atoms with Crippen LogP contribution in [0.5, 0.6) is 0 Å². The van der Waals surface area contributed by atoms with Crippen LogP contribution < -0.4 is 5.32 Å². The molecule has 8 nitrogen and oxygen atoms in total. The number of imidazole rings is 1. The van der Waals surface area contributed by atoms with Crippen LogP contribution in [0.1, 0.15) is 43.5 Å². The zero-order valence-electron chi connectivity index (χ0n) is 19.2. The number of amides is 1. The molecule has 0 spiro atoms. The molecule has 5 rings (SSSR count). The molecule has 0 aliphatic rings. The number of benzene rings is 2. The third-order valence-corrected chi connectivity index (χ3v) is 5.73. The van der Waals surface area contributed by atoms with Crippen molar-refractivity contribution in [3.63, 3.8) is 0 Å². The van der Waals surface area contributed by atoms with E-state index >= 15 is 0 Å². The van der Waals surface area contributed by atoms with Crippen molar-refractivity contribution in [3.8, 4) is 0 Å². The van der Waals surface area contributed by atoms with Crippen LogP contribution in [0.15, 0.2) is 73.2 Å². The number of carbonyl (C=O) groups is 2. The maximum absolute atomic E-state index is 13.3. The van der Waals surface area contributed by atoms with Gasteiger partial charge in [-0.15, -0.1) is 0 Å². The van der Waals surface area contributed by atoms with Crippen LogP contribution in [0, 0.1) is 6.92 Å². The first-order valence-corrected chi connectivity index (χ1v) is 11.0. The Kier molecular flexibility index (Phi) is 5.76. The van der Waals surface area contributed by atoms with E-state index in [0.717, 1.165) is 27.9 Å². The van der Waals surface area contributed by atoms with Crippen molar-refractivity contribution in [3.05, 3.63) is 107 Å². The first kappa shape index (κ1) is 22.0. The molecule has 2 N–H and O–H groups in total. The summed E-state index contributed by atoms with van der Waals surface area (Å²) in [5, 5.41) is 11.1. The molecule has 3 heterocycles. The summed E-state index contributed by atoms with van der Waals surface area (Å²) in [6.45, 7) is 1.87. The number of H-pyrrole nitrogens is 1. The summed E-state index contributed by atoms with van der Waals surface area (Å²) in [4.78, 5) is 34.2. The summed E-state index contributed by atoms with van der Waals surface area (Å²) in [7, 11) is 1.75. The number of pyridine rings is 1. The Hall–Kier alpha value is -4.85. The highest BCUT2D eigenvalue weighted by Crippen LogP contribution is 2.23. The van der Waals surface area contributed by atoms with Crippen LogP contribution in [0.3, 0.4) is 0 Å². The van der Waals surface area contributed by atoms with Gasteiger partial charge in [-0.25, -0.2) is 4.98 Å². The van der Waals surface area contributed by atoms with E-state index in [1.54, 1.807) is 54.5 Å². The lowest BCUT2D eigenvalue weighted by Crippen LogP contribution is -2.17. The quantitative estimate of drug-likeness (QED) is 0.357. The van der Waals surface area contributed by atoms with Crippen LogP contribution in [0.25, 0.3) is 23.1 Å². The van der Waals surface area contributed by atoms with Crippen LogP contribution in [0.2, 0.25) is 0 Å². The highest BCUT2D eigenvalue weighted by molar-refractivity contribution is 6.12. The summed E-state index contributed by atoms with van der Waals surface area (Å²) in [5.74, 6) is -0.200. The van der Waals surface area contributed by atoms with Crippen molar-refractivity contribution >= 4 is 40.4 Å². The minimum Gasteiger partial charge on any atom is -0.330 e. The van der Waals surface area contributed by atoms with Gasteiger partial charge in [0.15, 0.2) is 11.6 Å². The van der Waals surface area contributed by atoms with Crippen LogP contribution in [0.4, 0.5) is 5.69 Å². The summed E-state index contributed by atoms with van der Waals surface area (Å²) in [6, 6.07) is 16.4. The van der Waals surface area contributed by atoms with E-state index in [2.05, 4.69) is 25.5 Å². The average Bonchev–Trinajstić information content (AvgIpc) is 3.49. The van der Waals surface area contributed by atoms with Crippen molar-refractivity contribution in [1.29, 1.82) is 0 Å². The first-order chi connectivity index (χ1) is 17.0. The van der Waals surface area contributed by atoms with Gasteiger partial charge in [0.2, 0.25) is 0 Å². The minimum atomic E-state index is -0.338. The number of fused-ring (bicyclic) bond motifs is 1. The summed E-state index contributed by atoms with van der Waals surface area (Å²) in [5.41, 5.74) is 4.75. The zero-order valence-corrected chi connectivity index (χ0v) is 19.2. The molecule has 0 aliphatic carbocycles. The number of ketones is 1. The number of aromatic amines is 1. The Balaban J connectivity index is 1.39. The number of aromatic nitrogens is 5. The normalized spacial score (nSPS) is 11.3. The molecule has 5 aromatic rings. The molecule has 1 amide bonds. The third kappa shape index (κ3) is 4.49. The smallest absolute Gasteiger partial charge is 0.291 e. The molecule has 0 saturated carbocycles. The summed E-state index contributed by atoms with van der Waals surface area (Å²) < 4.78 is 1.64. The van der Waals surface area contributed by atoms with Gasteiger partial charge in [0.25, 0.3) is 5.91 Å². The summed E-state index contributed by atoms with van der Waals surface area (Å²) >= 11 is 0. The molecular formula is C27H22N6O2. The largest absolute Gasteiger partial charge is 0.330 e. The van der Waals surface area contributed by atoms with Crippen molar-refractivity contribution in [2.45, 2.75) is 6.92 Å². The second kappa shape index (κ2) is 9.18. The molecule has 0 atom stereocenters. The van der Waals surface area contributed by atoms with Gasteiger partial charge in [0.05, 0.1) is 16.9 Å².